The van der Waals surface area contributed by atoms with Gasteiger partial charge >= 0.3 is 0 Å². The number of H-pyrrole nitrogens is 1. The number of nitrogens with one attached hydrogen (secondary N) is 2. The van der Waals surface area contributed by atoms with E-state index in [2.05, 4.69) is 37.2 Å². The van der Waals surface area contributed by atoms with Gasteiger partial charge in [0.2, 0.25) is 0 Å². The number of hydrogen-bond donors (Lipinski definition) is 2. The van der Waals surface area contributed by atoms with Gasteiger partial charge in [0.1, 0.15) is 11.8 Å². The normalized spacial score (nSPS) is 16.3. The summed E-state index contributed by atoms with van der Waals surface area (Å²) in [5.74, 6) is 0.626. The van der Waals surface area contributed by atoms with E-state index < -0.39 is 0 Å². The van der Waals surface area contributed by atoms with Crippen LogP contribution in [-0.2, 0) is 6.42 Å². The van der Waals surface area contributed by atoms with Crippen LogP contribution < -0.4 is 10.2 Å². The number of amides is 1. The third-order valence-electron chi connectivity index (χ3n) is 6.51. The fourth-order valence-corrected chi connectivity index (χ4v) is 4.84. The molecule has 0 aliphatic carbocycles. The number of para-hydroxylation sites is 1. The summed E-state index contributed by atoms with van der Waals surface area (Å²) in [6, 6.07) is 15.6. The molecule has 0 fully saturated rings. The summed E-state index contributed by atoms with van der Waals surface area (Å²) in [4.78, 5) is 36.4. The molecule has 174 valence electrons. The summed E-state index contributed by atoms with van der Waals surface area (Å²) < 4.78 is 1.92. The van der Waals surface area contributed by atoms with E-state index in [0.29, 0.717) is 23.4 Å². The van der Waals surface area contributed by atoms with Gasteiger partial charge in [-0.15, -0.1) is 0 Å². The van der Waals surface area contributed by atoms with Gasteiger partial charge in [0.15, 0.2) is 11.5 Å². The first kappa shape index (κ1) is 21.0. The minimum Gasteiger partial charge on any atom is -0.364 e. The van der Waals surface area contributed by atoms with Crippen LogP contribution in [0.25, 0.3) is 16.9 Å². The molecule has 1 aliphatic heterocycles. The van der Waals surface area contributed by atoms with Gasteiger partial charge < -0.3 is 19.8 Å². The number of nitrogens with zero attached hydrogens (tertiary/aromatic N) is 6. The van der Waals surface area contributed by atoms with Gasteiger partial charge in [-0.3, -0.25) is 4.79 Å². The second-order valence-electron chi connectivity index (χ2n) is 8.77. The fraction of sp³-hybridized carbons (Fsp3) is 0.192. The number of anilines is 2. The number of aromatic nitrogens is 6. The average Bonchev–Trinajstić information content (AvgIpc) is 3.53. The van der Waals surface area contributed by atoms with Crippen molar-refractivity contribution in [1.29, 1.82) is 0 Å². The molecular formula is C26H24N8O. The number of rotatable bonds is 5. The number of aryl methyl sites for hydroxylation is 1. The van der Waals surface area contributed by atoms with Gasteiger partial charge in [-0.25, -0.2) is 19.9 Å². The maximum atomic E-state index is 14.2. The Morgan fingerprint density at radius 1 is 1.06 bits per heavy atom. The number of hydrogen-bond acceptors (Lipinski definition) is 6. The van der Waals surface area contributed by atoms with Crippen LogP contribution in [0, 0.1) is 6.92 Å². The lowest BCUT2D eigenvalue weighted by molar-refractivity contribution is 0.0964. The topological polar surface area (TPSA) is 105 Å². The lowest BCUT2D eigenvalue weighted by Gasteiger charge is -2.40. The third kappa shape index (κ3) is 3.61. The van der Waals surface area contributed by atoms with Crippen molar-refractivity contribution < 1.29 is 4.79 Å². The van der Waals surface area contributed by atoms with E-state index in [1.54, 1.807) is 12.7 Å². The van der Waals surface area contributed by atoms with Gasteiger partial charge in [-0.2, -0.15) is 0 Å². The Bertz CT molecular complexity index is 1520. The third-order valence-corrected chi connectivity index (χ3v) is 6.51. The first-order valence-electron chi connectivity index (χ1n) is 11.5. The predicted molar refractivity (Wildman–Crippen MR) is 134 cm³/mol. The summed E-state index contributed by atoms with van der Waals surface area (Å²) in [5, 5.41) is 3.51. The molecule has 9 nitrogen and oxygen atoms in total. The molecule has 35 heavy (non-hydrogen) atoms. The Hall–Kier alpha value is -4.53. The zero-order valence-corrected chi connectivity index (χ0v) is 19.4. The lowest BCUT2D eigenvalue weighted by atomic mass is 9.88. The standard InChI is InChI=1S/C26H24N8O/c1-16-12-33(15-31-16)20-10-6-7-18-11-21(34(26(35)22(18)20)19-8-4-3-5-9-19)17(2)32-25-23-24(28-13-27-23)29-14-30-25/h3-10,12-15,17,21H,11H2,1-2H3,(H2,27,28,29,30,32)/t17-,21?/m0/s1. The highest BCUT2D eigenvalue weighted by molar-refractivity contribution is 6.11. The molecule has 2 atom stereocenters. The van der Waals surface area contributed by atoms with Crippen molar-refractivity contribution in [3.05, 3.63) is 90.5 Å². The first-order valence-corrected chi connectivity index (χ1v) is 11.5. The zero-order chi connectivity index (χ0) is 23.9. The van der Waals surface area contributed by atoms with Crippen molar-refractivity contribution in [1.82, 2.24) is 29.5 Å². The molecule has 6 rings (SSSR count). The van der Waals surface area contributed by atoms with E-state index in [1.807, 2.05) is 71.1 Å². The monoisotopic (exact) mass is 464 g/mol. The summed E-state index contributed by atoms with van der Waals surface area (Å²) >= 11 is 0. The van der Waals surface area contributed by atoms with Crippen molar-refractivity contribution in [3.8, 4) is 5.69 Å². The maximum Gasteiger partial charge on any atom is 0.261 e. The minimum absolute atomic E-state index is 0.0348. The van der Waals surface area contributed by atoms with Gasteiger partial charge in [-0.1, -0.05) is 30.3 Å². The predicted octanol–water partition coefficient (Wildman–Crippen LogP) is 3.92. The van der Waals surface area contributed by atoms with Crippen LogP contribution in [-0.4, -0.2) is 47.5 Å². The molecule has 0 bridgehead atoms. The van der Waals surface area contributed by atoms with Crippen LogP contribution in [0.5, 0.6) is 0 Å². The molecular weight excluding hydrogens is 440 g/mol. The van der Waals surface area contributed by atoms with Crippen LogP contribution in [0.3, 0.4) is 0 Å². The number of imidazole rings is 2. The minimum atomic E-state index is -0.148. The average molecular weight is 465 g/mol. The summed E-state index contributed by atoms with van der Waals surface area (Å²) in [6.07, 6.45) is 7.48. The van der Waals surface area contributed by atoms with Crippen LogP contribution >= 0.6 is 0 Å². The van der Waals surface area contributed by atoms with Crippen molar-refractivity contribution >= 4 is 28.6 Å². The van der Waals surface area contributed by atoms with Crippen LogP contribution in [0.1, 0.15) is 28.5 Å². The van der Waals surface area contributed by atoms with E-state index in [0.717, 1.165) is 28.1 Å². The van der Waals surface area contributed by atoms with E-state index in [4.69, 9.17) is 0 Å². The van der Waals surface area contributed by atoms with Gasteiger partial charge in [0.05, 0.1) is 35.6 Å². The van der Waals surface area contributed by atoms with Crippen molar-refractivity contribution in [3.63, 3.8) is 0 Å². The molecule has 0 saturated carbocycles. The lowest BCUT2D eigenvalue weighted by Crippen LogP contribution is -2.53. The first-order chi connectivity index (χ1) is 17.1. The Morgan fingerprint density at radius 3 is 2.71 bits per heavy atom. The molecule has 1 unspecified atom stereocenters. The molecule has 1 amide bonds. The second-order valence-corrected chi connectivity index (χ2v) is 8.77. The van der Waals surface area contributed by atoms with Crippen molar-refractivity contribution in [2.75, 3.05) is 10.2 Å². The fourth-order valence-electron chi connectivity index (χ4n) is 4.84. The highest BCUT2D eigenvalue weighted by Crippen LogP contribution is 2.34. The second kappa shape index (κ2) is 8.35. The van der Waals surface area contributed by atoms with E-state index in [1.165, 1.54) is 6.33 Å². The SMILES string of the molecule is Cc1cn(-c2cccc3c2C(=O)N(c2ccccc2)C([C@H](C)Nc2ncnc4nc[nH]c24)C3)cn1. The smallest absolute Gasteiger partial charge is 0.261 e. The van der Waals surface area contributed by atoms with Crippen LogP contribution in [0.4, 0.5) is 11.5 Å². The molecule has 9 heteroatoms. The van der Waals surface area contributed by atoms with Crippen LogP contribution in [0.2, 0.25) is 0 Å². The van der Waals surface area contributed by atoms with Crippen molar-refractivity contribution in [2.24, 2.45) is 0 Å². The maximum absolute atomic E-state index is 14.2. The van der Waals surface area contributed by atoms with E-state index in [-0.39, 0.29) is 18.0 Å². The highest BCUT2D eigenvalue weighted by Gasteiger charge is 2.38. The molecule has 5 aromatic rings. The quantitative estimate of drug-likeness (QED) is 0.409. The highest BCUT2D eigenvalue weighted by atomic mass is 16.2. The summed E-state index contributed by atoms with van der Waals surface area (Å²) in [7, 11) is 0. The Balaban J connectivity index is 1.44. The van der Waals surface area contributed by atoms with Gasteiger partial charge in [0.25, 0.3) is 5.91 Å². The Kier molecular flexibility index (Phi) is 5.02. The van der Waals surface area contributed by atoms with Gasteiger partial charge in [0, 0.05) is 17.9 Å². The molecule has 2 aromatic carbocycles. The molecule has 0 radical (unpaired) electrons. The molecule has 1 aliphatic rings. The number of benzene rings is 2. The summed E-state index contributed by atoms with van der Waals surface area (Å²) in [5.41, 5.74) is 5.65. The molecule has 4 heterocycles. The largest absolute Gasteiger partial charge is 0.364 e. The Morgan fingerprint density at radius 2 is 1.91 bits per heavy atom. The van der Waals surface area contributed by atoms with E-state index in [9.17, 15) is 4.79 Å². The molecule has 3 aromatic heterocycles. The number of carbonyl (C=O) groups is 1. The zero-order valence-electron chi connectivity index (χ0n) is 19.4. The van der Waals surface area contributed by atoms with Crippen LogP contribution in [0.15, 0.2) is 73.7 Å². The Labute approximate surface area is 201 Å². The molecule has 2 N–H and O–H groups in total. The number of carbonyl (C=O) groups excluding carboxylic acids is 1. The molecule has 0 spiro atoms. The number of aromatic amines is 1. The number of fused-ring (bicyclic) bond motifs is 2. The van der Waals surface area contributed by atoms with Gasteiger partial charge in [-0.05, 0) is 44.0 Å². The summed E-state index contributed by atoms with van der Waals surface area (Å²) in [6.45, 7) is 4.02. The van der Waals surface area contributed by atoms with Crippen molar-refractivity contribution in [2.45, 2.75) is 32.4 Å². The van der Waals surface area contributed by atoms with E-state index >= 15 is 0 Å². The molecule has 0 saturated heterocycles.